The number of carbonyl (C=O) groups is 1. The van der Waals surface area contributed by atoms with Gasteiger partial charge >= 0.3 is 0 Å². The summed E-state index contributed by atoms with van der Waals surface area (Å²) in [4.78, 5) is 26.9. The van der Waals surface area contributed by atoms with Crippen LogP contribution in [-0.2, 0) is 10.5 Å². The first kappa shape index (κ1) is 28.4. The van der Waals surface area contributed by atoms with E-state index in [9.17, 15) is 4.79 Å². The van der Waals surface area contributed by atoms with Gasteiger partial charge < -0.3 is 24.6 Å². The monoisotopic (exact) mass is 569 g/mol. The number of carbonyl (C=O) groups excluding carboxylic acids is 1. The van der Waals surface area contributed by atoms with Gasteiger partial charge in [-0.1, -0.05) is 54.2 Å². The van der Waals surface area contributed by atoms with Crippen molar-refractivity contribution in [3.8, 4) is 17.0 Å². The molecule has 0 unspecified atom stereocenters. The van der Waals surface area contributed by atoms with Gasteiger partial charge in [-0.05, 0) is 42.0 Å². The number of anilines is 2. The summed E-state index contributed by atoms with van der Waals surface area (Å²) in [5.74, 6) is 2.41. The lowest BCUT2D eigenvalue weighted by Crippen LogP contribution is -2.46. The summed E-state index contributed by atoms with van der Waals surface area (Å²) in [6, 6.07) is 28.3. The van der Waals surface area contributed by atoms with E-state index in [2.05, 4.69) is 45.4 Å². The Morgan fingerprint density at radius 3 is 2.27 bits per heavy atom. The Hall–Kier alpha value is -4.08. The van der Waals surface area contributed by atoms with Gasteiger partial charge in [-0.15, -0.1) is 0 Å². The molecule has 4 aromatic rings. The molecule has 0 bridgehead atoms. The third-order valence-corrected chi connectivity index (χ3v) is 7.90. The van der Waals surface area contributed by atoms with Crippen LogP contribution in [-0.4, -0.2) is 69.4 Å². The number of hydrogen-bond donors (Lipinski definition) is 1. The quantitative estimate of drug-likeness (QED) is 0.151. The van der Waals surface area contributed by atoms with Crippen molar-refractivity contribution >= 4 is 29.2 Å². The number of ether oxygens (including phenoxy) is 2. The van der Waals surface area contributed by atoms with Gasteiger partial charge in [0.15, 0.2) is 5.16 Å². The third kappa shape index (κ3) is 7.56. The molecule has 9 heteroatoms. The first-order valence-corrected chi connectivity index (χ1v) is 14.7. The average Bonchev–Trinajstić information content (AvgIpc) is 3.04. The predicted octanol–water partition coefficient (Wildman–Crippen LogP) is 5.15. The highest BCUT2D eigenvalue weighted by Crippen LogP contribution is 2.29. The van der Waals surface area contributed by atoms with Crippen LogP contribution in [0.1, 0.15) is 15.9 Å². The lowest BCUT2D eigenvalue weighted by atomic mass is 10.1. The van der Waals surface area contributed by atoms with Crippen molar-refractivity contribution < 1.29 is 14.3 Å². The van der Waals surface area contributed by atoms with Gasteiger partial charge in [-0.2, -0.15) is 0 Å². The second-order valence-corrected chi connectivity index (χ2v) is 10.6. The zero-order chi connectivity index (χ0) is 28.4. The first-order valence-electron chi connectivity index (χ1n) is 13.7. The lowest BCUT2D eigenvalue weighted by Gasteiger charge is -2.37. The summed E-state index contributed by atoms with van der Waals surface area (Å²) in [6.45, 7) is 4.53. The number of nitrogens with zero attached hydrogens (tertiary/aromatic N) is 4. The van der Waals surface area contributed by atoms with Crippen molar-refractivity contribution in [2.75, 3.05) is 63.4 Å². The third-order valence-electron chi connectivity index (χ3n) is 6.98. The molecule has 1 N–H and O–H groups in total. The number of amides is 1. The Bertz CT molecular complexity index is 1410. The fourth-order valence-corrected chi connectivity index (χ4v) is 5.46. The van der Waals surface area contributed by atoms with Crippen LogP contribution in [0.15, 0.2) is 90.1 Å². The molecule has 41 heavy (non-hydrogen) atoms. The molecule has 0 radical (unpaired) electrons. The van der Waals surface area contributed by atoms with E-state index in [0.29, 0.717) is 24.5 Å². The topological polar surface area (TPSA) is 79.8 Å². The van der Waals surface area contributed by atoms with Crippen molar-refractivity contribution in [2.24, 2.45) is 0 Å². The van der Waals surface area contributed by atoms with E-state index in [1.54, 1.807) is 26.0 Å². The minimum Gasteiger partial charge on any atom is -0.497 e. The van der Waals surface area contributed by atoms with Crippen LogP contribution in [0.3, 0.4) is 0 Å². The summed E-state index contributed by atoms with van der Waals surface area (Å²) in [7, 11) is 3.30. The van der Waals surface area contributed by atoms with Crippen molar-refractivity contribution in [1.29, 1.82) is 0 Å². The molecule has 5 rings (SSSR count). The van der Waals surface area contributed by atoms with Crippen molar-refractivity contribution in [3.63, 3.8) is 0 Å². The van der Waals surface area contributed by atoms with E-state index in [1.807, 2.05) is 54.6 Å². The van der Waals surface area contributed by atoms with Gasteiger partial charge in [0, 0.05) is 68.5 Å². The molecular weight excluding hydrogens is 534 g/mol. The number of thioether (sulfide) groups is 1. The first-order chi connectivity index (χ1) is 20.1. The number of hydrogen-bond acceptors (Lipinski definition) is 8. The van der Waals surface area contributed by atoms with Crippen LogP contribution in [0.25, 0.3) is 11.3 Å². The fraction of sp³-hybridized carbons (Fsp3) is 0.281. The van der Waals surface area contributed by atoms with E-state index in [1.165, 1.54) is 5.69 Å². The summed E-state index contributed by atoms with van der Waals surface area (Å²) in [5.41, 5.74) is 4.92. The highest BCUT2D eigenvalue weighted by atomic mass is 32.2. The Morgan fingerprint density at radius 2 is 1.59 bits per heavy atom. The molecule has 8 nitrogen and oxygen atoms in total. The molecule has 2 heterocycles. The van der Waals surface area contributed by atoms with E-state index in [4.69, 9.17) is 19.4 Å². The SMILES string of the molecule is COCCNC(=O)c1ccc(CSc2nc(-c3ccccc3)cc(N3CCN(c4ccc(OC)cc4)CC3)n2)cc1. The highest BCUT2D eigenvalue weighted by Gasteiger charge is 2.20. The van der Waals surface area contributed by atoms with Crippen LogP contribution in [0.5, 0.6) is 5.75 Å². The molecule has 1 fully saturated rings. The number of rotatable bonds is 11. The maximum Gasteiger partial charge on any atom is 0.251 e. The normalized spacial score (nSPS) is 13.2. The molecule has 1 aromatic heterocycles. The van der Waals surface area contributed by atoms with Gasteiger partial charge in [-0.25, -0.2) is 9.97 Å². The van der Waals surface area contributed by atoms with Gasteiger partial charge in [0.2, 0.25) is 0 Å². The Labute approximate surface area is 245 Å². The molecule has 1 amide bonds. The van der Waals surface area contributed by atoms with Crippen molar-refractivity contribution in [2.45, 2.75) is 10.9 Å². The fourth-order valence-electron chi connectivity index (χ4n) is 4.65. The zero-order valence-corrected chi connectivity index (χ0v) is 24.3. The van der Waals surface area contributed by atoms with Gasteiger partial charge in [0.1, 0.15) is 11.6 Å². The van der Waals surface area contributed by atoms with Crippen LogP contribution in [0, 0.1) is 0 Å². The van der Waals surface area contributed by atoms with Crippen molar-refractivity contribution in [3.05, 3.63) is 96.1 Å². The summed E-state index contributed by atoms with van der Waals surface area (Å²) >= 11 is 1.60. The van der Waals surface area contributed by atoms with Gasteiger partial charge in [0.05, 0.1) is 19.4 Å². The second-order valence-electron chi connectivity index (χ2n) is 9.67. The Morgan fingerprint density at radius 1 is 0.878 bits per heavy atom. The maximum atomic E-state index is 12.3. The number of aromatic nitrogens is 2. The number of nitrogens with one attached hydrogen (secondary N) is 1. The van der Waals surface area contributed by atoms with E-state index >= 15 is 0 Å². The Kier molecular flexibility index (Phi) is 9.72. The van der Waals surface area contributed by atoms with Crippen LogP contribution >= 0.6 is 11.8 Å². The second kappa shape index (κ2) is 14.0. The largest absolute Gasteiger partial charge is 0.497 e. The summed E-state index contributed by atoms with van der Waals surface area (Å²) in [5, 5.41) is 3.59. The Balaban J connectivity index is 1.28. The molecule has 212 valence electrons. The maximum absolute atomic E-state index is 12.3. The molecule has 0 atom stereocenters. The zero-order valence-electron chi connectivity index (χ0n) is 23.5. The smallest absolute Gasteiger partial charge is 0.251 e. The number of methoxy groups -OCH3 is 2. The molecule has 1 saturated heterocycles. The van der Waals surface area contributed by atoms with Crippen LogP contribution in [0.4, 0.5) is 11.5 Å². The molecule has 0 spiro atoms. The predicted molar refractivity (Wildman–Crippen MR) is 165 cm³/mol. The van der Waals surface area contributed by atoms with E-state index < -0.39 is 0 Å². The van der Waals surface area contributed by atoms with Gasteiger partial charge in [0.25, 0.3) is 5.91 Å². The van der Waals surface area contributed by atoms with Gasteiger partial charge in [-0.3, -0.25) is 4.79 Å². The minimum atomic E-state index is -0.100. The minimum absolute atomic E-state index is 0.100. The number of benzene rings is 3. The summed E-state index contributed by atoms with van der Waals surface area (Å²) < 4.78 is 10.3. The van der Waals surface area contributed by atoms with Crippen LogP contribution < -0.4 is 19.9 Å². The van der Waals surface area contributed by atoms with Crippen molar-refractivity contribution in [1.82, 2.24) is 15.3 Å². The summed E-state index contributed by atoms with van der Waals surface area (Å²) in [6.07, 6.45) is 0. The standard InChI is InChI=1S/C32H35N5O3S/c1-39-21-16-33-31(38)26-10-8-24(9-11-26)23-41-32-34-29(25-6-4-3-5-7-25)22-30(35-32)37-19-17-36(18-20-37)27-12-14-28(40-2)15-13-27/h3-15,22H,16-21,23H2,1-2H3,(H,33,38). The lowest BCUT2D eigenvalue weighted by molar-refractivity contribution is 0.0937. The molecule has 1 aliphatic heterocycles. The molecular formula is C32H35N5O3S. The molecule has 0 saturated carbocycles. The van der Waals surface area contributed by atoms with Crippen LogP contribution in [0.2, 0.25) is 0 Å². The molecule has 0 aliphatic carbocycles. The van der Waals surface area contributed by atoms with E-state index in [0.717, 1.165) is 59.7 Å². The van der Waals surface area contributed by atoms with E-state index in [-0.39, 0.29) is 5.91 Å². The average molecular weight is 570 g/mol. The molecule has 1 aliphatic rings. The highest BCUT2D eigenvalue weighted by molar-refractivity contribution is 7.98. The molecule has 3 aromatic carbocycles. The number of piperazine rings is 1.